The SMILES string of the molecule is CCNC(=NCCc1cccs1)NC(C)C(C)C. The van der Waals surface area contributed by atoms with Crippen LogP contribution in [0.25, 0.3) is 0 Å². The van der Waals surface area contributed by atoms with E-state index in [1.807, 2.05) is 0 Å². The van der Waals surface area contributed by atoms with Crippen molar-refractivity contribution in [3.8, 4) is 0 Å². The van der Waals surface area contributed by atoms with Gasteiger partial charge < -0.3 is 10.6 Å². The molecular weight excluding hydrogens is 242 g/mol. The molecule has 0 bridgehead atoms. The average molecular weight is 267 g/mol. The number of hydrogen-bond donors (Lipinski definition) is 2. The smallest absolute Gasteiger partial charge is 0.191 e. The van der Waals surface area contributed by atoms with Crippen molar-refractivity contribution >= 4 is 17.3 Å². The van der Waals surface area contributed by atoms with E-state index in [4.69, 9.17) is 0 Å². The van der Waals surface area contributed by atoms with E-state index < -0.39 is 0 Å². The summed E-state index contributed by atoms with van der Waals surface area (Å²) in [4.78, 5) is 6.01. The molecule has 102 valence electrons. The summed E-state index contributed by atoms with van der Waals surface area (Å²) >= 11 is 1.80. The van der Waals surface area contributed by atoms with Crippen molar-refractivity contribution in [3.63, 3.8) is 0 Å². The lowest BCUT2D eigenvalue weighted by Crippen LogP contribution is -2.44. The standard InChI is InChI=1S/C14H25N3S/c1-5-15-14(17-12(4)11(2)3)16-9-8-13-7-6-10-18-13/h6-7,10-12H,5,8-9H2,1-4H3,(H2,15,16,17). The molecule has 0 radical (unpaired) electrons. The molecule has 0 fully saturated rings. The Hall–Kier alpha value is -1.03. The van der Waals surface area contributed by atoms with Gasteiger partial charge in [0.1, 0.15) is 0 Å². The minimum atomic E-state index is 0.435. The summed E-state index contributed by atoms with van der Waals surface area (Å²) in [5.74, 6) is 1.53. The molecule has 0 saturated heterocycles. The predicted molar refractivity (Wildman–Crippen MR) is 81.4 cm³/mol. The molecule has 0 aromatic carbocycles. The molecule has 1 aromatic rings. The number of hydrogen-bond acceptors (Lipinski definition) is 2. The molecule has 0 amide bonds. The Morgan fingerprint density at radius 1 is 1.39 bits per heavy atom. The Morgan fingerprint density at radius 2 is 2.17 bits per heavy atom. The van der Waals surface area contributed by atoms with E-state index in [2.05, 4.69) is 60.8 Å². The third kappa shape index (κ3) is 5.54. The number of thiophene rings is 1. The molecule has 1 heterocycles. The maximum Gasteiger partial charge on any atom is 0.191 e. The van der Waals surface area contributed by atoms with Crippen LogP contribution in [0.4, 0.5) is 0 Å². The summed E-state index contributed by atoms with van der Waals surface area (Å²) < 4.78 is 0. The maximum atomic E-state index is 4.61. The zero-order valence-electron chi connectivity index (χ0n) is 11.9. The maximum absolute atomic E-state index is 4.61. The van der Waals surface area contributed by atoms with E-state index in [-0.39, 0.29) is 0 Å². The molecule has 0 spiro atoms. The first-order chi connectivity index (χ1) is 8.63. The van der Waals surface area contributed by atoms with Crippen LogP contribution < -0.4 is 10.6 Å². The van der Waals surface area contributed by atoms with Crippen molar-refractivity contribution < 1.29 is 0 Å². The Bertz CT molecular complexity index is 344. The summed E-state index contributed by atoms with van der Waals surface area (Å²) in [5, 5.41) is 8.84. The summed E-state index contributed by atoms with van der Waals surface area (Å²) in [6, 6.07) is 4.69. The van der Waals surface area contributed by atoms with E-state index in [0.717, 1.165) is 25.5 Å². The van der Waals surface area contributed by atoms with Crippen LogP contribution in [0.15, 0.2) is 22.5 Å². The molecule has 1 unspecified atom stereocenters. The molecule has 1 aromatic heterocycles. The minimum Gasteiger partial charge on any atom is -0.357 e. The van der Waals surface area contributed by atoms with Crippen LogP contribution in [-0.4, -0.2) is 25.1 Å². The van der Waals surface area contributed by atoms with Gasteiger partial charge in [0.15, 0.2) is 5.96 Å². The van der Waals surface area contributed by atoms with Gasteiger partial charge in [0.25, 0.3) is 0 Å². The molecule has 18 heavy (non-hydrogen) atoms. The van der Waals surface area contributed by atoms with Gasteiger partial charge in [0, 0.05) is 30.4 Å². The van der Waals surface area contributed by atoms with Crippen molar-refractivity contribution in [2.75, 3.05) is 13.1 Å². The van der Waals surface area contributed by atoms with E-state index in [0.29, 0.717) is 12.0 Å². The molecule has 0 aliphatic rings. The first-order valence-corrected chi connectivity index (χ1v) is 7.58. The third-order valence-corrected chi connectivity index (χ3v) is 3.85. The largest absolute Gasteiger partial charge is 0.357 e. The number of nitrogens with zero attached hydrogens (tertiary/aromatic N) is 1. The Morgan fingerprint density at radius 3 is 2.72 bits per heavy atom. The highest BCUT2D eigenvalue weighted by molar-refractivity contribution is 7.09. The zero-order chi connectivity index (χ0) is 13.4. The second-order valence-corrected chi connectivity index (χ2v) is 5.80. The number of rotatable bonds is 6. The summed E-state index contributed by atoms with van der Waals surface area (Å²) in [6.45, 7) is 10.4. The van der Waals surface area contributed by atoms with Gasteiger partial charge in [0.05, 0.1) is 0 Å². The van der Waals surface area contributed by atoms with Crippen LogP contribution in [0.1, 0.15) is 32.6 Å². The molecule has 0 aliphatic carbocycles. The number of nitrogens with one attached hydrogen (secondary N) is 2. The summed E-state index contributed by atoms with van der Waals surface area (Å²) in [5.41, 5.74) is 0. The summed E-state index contributed by atoms with van der Waals surface area (Å²) in [7, 11) is 0. The molecule has 1 atom stereocenters. The third-order valence-electron chi connectivity index (χ3n) is 2.92. The first kappa shape index (κ1) is 15.0. The van der Waals surface area contributed by atoms with Crippen molar-refractivity contribution in [3.05, 3.63) is 22.4 Å². The molecule has 3 nitrogen and oxygen atoms in total. The quantitative estimate of drug-likeness (QED) is 0.614. The molecule has 2 N–H and O–H groups in total. The van der Waals surface area contributed by atoms with Crippen LogP contribution in [0.5, 0.6) is 0 Å². The van der Waals surface area contributed by atoms with Crippen LogP contribution in [-0.2, 0) is 6.42 Å². The fraction of sp³-hybridized carbons (Fsp3) is 0.643. The number of guanidine groups is 1. The minimum absolute atomic E-state index is 0.435. The van der Waals surface area contributed by atoms with Crippen molar-refractivity contribution in [2.45, 2.75) is 40.2 Å². The number of aliphatic imine (C=N–C) groups is 1. The lowest BCUT2D eigenvalue weighted by Gasteiger charge is -2.20. The molecule has 0 aliphatic heterocycles. The van der Waals surface area contributed by atoms with Gasteiger partial charge >= 0.3 is 0 Å². The fourth-order valence-corrected chi connectivity index (χ4v) is 2.13. The van der Waals surface area contributed by atoms with Gasteiger partial charge in [0.2, 0.25) is 0 Å². The highest BCUT2D eigenvalue weighted by Gasteiger charge is 2.08. The van der Waals surface area contributed by atoms with Gasteiger partial charge in [-0.05, 0) is 31.2 Å². The topological polar surface area (TPSA) is 36.4 Å². The monoisotopic (exact) mass is 267 g/mol. The molecule has 1 rings (SSSR count). The first-order valence-electron chi connectivity index (χ1n) is 6.70. The van der Waals surface area contributed by atoms with Gasteiger partial charge in [-0.25, -0.2) is 0 Å². The molecular formula is C14H25N3S. The molecule has 4 heteroatoms. The second-order valence-electron chi connectivity index (χ2n) is 4.77. The van der Waals surface area contributed by atoms with Gasteiger partial charge in [-0.2, -0.15) is 0 Å². The predicted octanol–water partition coefficient (Wildman–Crippen LogP) is 2.89. The average Bonchev–Trinajstić information content (AvgIpc) is 2.82. The zero-order valence-corrected chi connectivity index (χ0v) is 12.7. The van der Waals surface area contributed by atoms with Gasteiger partial charge in [-0.15, -0.1) is 11.3 Å². The Kier molecular flexibility index (Phi) is 6.80. The van der Waals surface area contributed by atoms with Crippen molar-refractivity contribution in [1.82, 2.24) is 10.6 Å². The Balaban J connectivity index is 2.44. The van der Waals surface area contributed by atoms with E-state index in [9.17, 15) is 0 Å². The lowest BCUT2D eigenvalue weighted by molar-refractivity contribution is 0.481. The Labute approximate surface area is 115 Å². The van der Waals surface area contributed by atoms with E-state index in [1.54, 1.807) is 11.3 Å². The highest BCUT2D eigenvalue weighted by Crippen LogP contribution is 2.08. The fourth-order valence-electron chi connectivity index (χ4n) is 1.44. The van der Waals surface area contributed by atoms with Crippen LogP contribution in [0.3, 0.4) is 0 Å². The highest BCUT2D eigenvalue weighted by atomic mass is 32.1. The van der Waals surface area contributed by atoms with E-state index >= 15 is 0 Å². The van der Waals surface area contributed by atoms with Crippen LogP contribution in [0, 0.1) is 5.92 Å². The van der Waals surface area contributed by atoms with Crippen LogP contribution in [0.2, 0.25) is 0 Å². The lowest BCUT2D eigenvalue weighted by atomic mass is 10.1. The molecule has 0 saturated carbocycles. The van der Waals surface area contributed by atoms with Crippen LogP contribution >= 0.6 is 11.3 Å². The van der Waals surface area contributed by atoms with Gasteiger partial charge in [-0.3, -0.25) is 4.99 Å². The van der Waals surface area contributed by atoms with Gasteiger partial charge in [-0.1, -0.05) is 19.9 Å². The summed E-state index contributed by atoms with van der Waals surface area (Å²) in [6.07, 6.45) is 1.02. The second kappa shape index (κ2) is 8.14. The van der Waals surface area contributed by atoms with Crippen molar-refractivity contribution in [2.24, 2.45) is 10.9 Å². The van der Waals surface area contributed by atoms with E-state index in [1.165, 1.54) is 4.88 Å². The van der Waals surface area contributed by atoms with Crippen molar-refractivity contribution in [1.29, 1.82) is 0 Å². The normalized spacial score (nSPS) is 13.7.